The number of aromatic hydroxyl groups is 1. The number of phenols is 1. The minimum absolute atomic E-state index is 0.00549. The Balaban J connectivity index is 2.08. The first-order valence-corrected chi connectivity index (χ1v) is 10.1. The van der Waals surface area contributed by atoms with Crippen molar-refractivity contribution in [2.24, 2.45) is 5.92 Å². The van der Waals surface area contributed by atoms with Gasteiger partial charge in [-0.05, 0) is 61.8 Å². The fourth-order valence-corrected chi connectivity index (χ4v) is 4.71. The molecule has 1 heterocycles. The third-order valence-corrected chi connectivity index (χ3v) is 6.48. The second-order valence-corrected chi connectivity index (χ2v) is 9.25. The second-order valence-electron chi connectivity index (χ2n) is 9.25. The number of ether oxygens (including phenoxy) is 1. The molecular formula is C23H34O3. The topological polar surface area (TPSA) is 49.7 Å². The Morgan fingerprint density at radius 2 is 2.00 bits per heavy atom. The Morgan fingerprint density at radius 3 is 2.65 bits per heavy atom. The first-order chi connectivity index (χ1) is 12.2. The number of hydrogen-bond acceptors (Lipinski definition) is 3. The van der Waals surface area contributed by atoms with Crippen LogP contribution in [0.5, 0.6) is 11.5 Å². The number of allylic oxidation sites excluding steroid dienone is 1. The molecule has 1 aliphatic heterocycles. The number of benzene rings is 1. The van der Waals surface area contributed by atoms with Crippen molar-refractivity contribution in [1.29, 1.82) is 0 Å². The average Bonchev–Trinajstić information content (AvgIpc) is 2.58. The summed E-state index contributed by atoms with van der Waals surface area (Å²) in [6, 6.07) is 4.08. The van der Waals surface area contributed by atoms with E-state index >= 15 is 0 Å². The maximum atomic E-state index is 10.9. The molecule has 2 atom stereocenters. The van der Waals surface area contributed by atoms with Gasteiger partial charge in [-0.1, -0.05) is 39.7 Å². The molecule has 26 heavy (non-hydrogen) atoms. The molecule has 3 rings (SSSR count). The lowest BCUT2D eigenvalue weighted by Crippen LogP contribution is -2.45. The van der Waals surface area contributed by atoms with Gasteiger partial charge in [0.1, 0.15) is 17.1 Å². The fraction of sp³-hybridized carbons (Fsp3) is 0.652. The number of rotatable bonds is 5. The van der Waals surface area contributed by atoms with Gasteiger partial charge >= 0.3 is 0 Å². The van der Waals surface area contributed by atoms with Gasteiger partial charge in [-0.3, -0.25) is 0 Å². The Bertz CT molecular complexity index is 700. The van der Waals surface area contributed by atoms with Crippen LogP contribution in [0.3, 0.4) is 0 Å². The van der Waals surface area contributed by atoms with Crippen molar-refractivity contribution in [2.45, 2.75) is 83.7 Å². The molecule has 3 nitrogen and oxygen atoms in total. The summed E-state index contributed by atoms with van der Waals surface area (Å²) in [5, 5.41) is 20.5. The van der Waals surface area contributed by atoms with E-state index in [0.717, 1.165) is 41.7 Å². The Labute approximate surface area is 158 Å². The molecule has 2 aliphatic rings. The molecule has 1 aromatic carbocycles. The van der Waals surface area contributed by atoms with Crippen molar-refractivity contribution in [3.63, 3.8) is 0 Å². The van der Waals surface area contributed by atoms with Gasteiger partial charge in [0.05, 0.1) is 6.61 Å². The van der Waals surface area contributed by atoms with Gasteiger partial charge in [-0.25, -0.2) is 0 Å². The van der Waals surface area contributed by atoms with E-state index in [9.17, 15) is 10.2 Å². The van der Waals surface area contributed by atoms with Crippen LogP contribution in [0.15, 0.2) is 23.8 Å². The van der Waals surface area contributed by atoms with Crippen LogP contribution >= 0.6 is 0 Å². The van der Waals surface area contributed by atoms with Gasteiger partial charge in [-0.2, -0.15) is 0 Å². The standard InChI is InChI=1S/C23H34O3/c1-6-7-10-22(2,3)16-12-19(25)21-17-11-15(14-24)8-9-18(17)23(4,5)26-20(21)13-16/h11-13,17-18,24-25H,6-10,14H2,1-5H3. The molecule has 0 saturated heterocycles. The minimum Gasteiger partial charge on any atom is -0.507 e. The highest BCUT2D eigenvalue weighted by Gasteiger charge is 2.45. The molecule has 0 aromatic heterocycles. The van der Waals surface area contributed by atoms with Crippen molar-refractivity contribution in [2.75, 3.05) is 6.61 Å². The van der Waals surface area contributed by atoms with Gasteiger partial charge < -0.3 is 14.9 Å². The molecule has 1 aromatic rings. The summed E-state index contributed by atoms with van der Waals surface area (Å²) >= 11 is 0. The van der Waals surface area contributed by atoms with Crippen molar-refractivity contribution in [1.82, 2.24) is 0 Å². The van der Waals surface area contributed by atoms with E-state index in [4.69, 9.17) is 4.74 Å². The highest BCUT2D eigenvalue weighted by atomic mass is 16.5. The van der Waals surface area contributed by atoms with Crippen LogP contribution in [-0.2, 0) is 5.41 Å². The monoisotopic (exact) mass is 358 g/mol. The zero-order valence-electron chi connectivity index (χ0n) is 16.9. The number of hydrogen-bond donors (Lipinski definition) is 2. The second kappa shape index (κ2) is 6.92. The zero-order valence-corrected chi connectivity index (χ0v) is 16.9. The van der Waals surface area contributed by atoms with Crippen LogP contribution in [0.1, 0.15) is 83.8 Å². The summed E-state index contributed by atoms with van der Waals surface area (Å²) in [4.78, 5) is 0. The van der Waals surface area contributed by atoms with Crippen molar-refractivity contribution in [3.05, 3.63) is 34.9 Å². The first kappa shape index (κ1) is 19.3. The molecule has 0 spiro atoms. The summed E-state index contributed by atoms with van der Waals surface area (Å²) in [7, 11) is 0. The summed E-state index contributed by atoms with van der Waals surface area (Å²) in [6.45, 7) is 11.1. The summed E-state index contributed by atoms with van der Waals surface area (Å²) in [5.41, 5.74) is 2.83. The van der Waals surface area contributed by atoms with Gasteiger partial charge in [0.2, 0.25) is 0 Å². The highest BCUT2D eigenvalue weighted by Crippen LogP contribution is 2.54. The molecule has 144 valence electrons. The normalized spacial score (nSPS) is 24.3. The van der Waals surface area contributed by atoms with E-state index in [1.165, 1.54) is 12.8 Å². The molecule has 1 aliphatic carbocycles. The number of fused-ring (bicyclic) bond motifs is 3. The van der Waals surface area contributed by atoms with Crippen molar-refractivity contribution in [3.8, 4) is 11.5 Å². The van der Waals surface area contributed by atoms with Gasteiger partial charge in [0.25, 0.3) is 0 Å². The lowest BCUT2D eigenvalue weighted by atomic mass is 9.67. The Hall–Kier alpha value is -1.48. The maximum absolute atomic E-state index is 10.9. The van der Waals surface area contributed by atoms with Crippen LogP contribution in [-0.4, -0.2) is 22.4 Å². The SMILES string of the molecule is CCCCC(C)(C)c1cc(O)c2c(c1)OC(C)(C)C1CCC(CO)=CC21. The number of unbranched alkanes of at least 4 members (excludes halogenated alkanes) is 1. The van der Waals surface area contributed by atoms with Gasteiger partial charge in [-0.15, -0.1) is 0 Å². The summed E-state index contributed by atoms with van der Waals surface area (Å²) < 4.78 is 6.43. The average molecular weight is 359 g/mol. The summed E-state index contributed by atoms with van der Waals surface area (Å²) in [6.07, 6.45) is 7.48. The predicted octanol–water partition coefficient (Wildman–Crippen LogP) is 5.44. The molecule has 2 unspecified atom stereocenters. The third kappa shape index (κ3) is 3.38. The quantitative estimate of drug-likeness (QED) is 0.689. The lowest BCUT2D eigenvalue weighted by Gasteiger charge is -2.47. The molecular weight excluding hydrogens is 324 g/mol. The van der Waals surface area contributed by atoms with Crippen LogP contribution in [0.4, 0.5) is 0 Å². The Morgan fingerprint density at radius 1 is 1.27 bits per heavy atom. The molecule has 0 fully saturated rings. The van der Waals surface area contributed by atoms with E-state index < -0.39 is 0 Å². The van der Waals surface area contributed by atoms with E-state index in [0.29, 0.717) is 11.7 Å². The van der Waals surface area contributed by atoms with E-state index in [2.05, 4.69) is 46.8 Å². The summed E-state index contributed by atoms with van der Waals surface area (Å²) in [5.74, 6) is 1.57. The molecule has 0 bridgehead atoms. The van der Waals surface area contributed by atoms with E-state index in [-0.39, 0.29) is 23.5 Å². The number of phenolic OH excluding ortho intramolecular Hbond substituents is 1. The van der Waals surface area contributed by atoms with Crippen LogP contribution < -0.4 is 4.74 Å². The highest BCUT2D eigenvalue weighted by molar-refractivity contribution is 5.55. The van der Waals surface area contributed by atoms with Crippen LogP contribution in [0, 0.1) is 5.92 Å². The number of aliphatic hydroxyl groups excluding tert-OH is 1. The predicted molar refractivity (Wildman–Crippen MR) is 106 cm³/mol. The van der Waals surface area contributed by atoms with Gasteiger partial charge in [0, 0.05) is 17.4 Å². The molecule has 0 radical (unpaired) electrons. The van der Waals surface area contributed by atoms with Crippen molar-refractivity contribution < 1.29 is 14.9 Å². The van der Waals surface area contributed by atoms with Crippen LogP contribution in [0.2, 0.25) is 0 Å². The molecule has 0 saturated carbocycles. The zero-order chi connectivity index (χ0) is 19.1. The fourth-order valence-electron chi connectivity index (χ4n) is 4.71. The van der Waals surface area contributed by atoms with Crippen LogP contribution in [0.25, 0.3) is 0 Å². The molecule has 3 heteroatoms. The minimum atomic E-state index is -0.284. The van der Waals surface area contributed by atoms with Crippen molar-refractivity contribution >= 4 is 0 Å². The van der Waals surface area contributed by atoms with Gasteiger partial charge in [0.15, 0.2) is 0 Å². The smallest absolute Gasteiger partial charge is 0.127 e. The lowest BCUT2D eigenvalue weighted by molar-refractivity contribution is 0.00992. The van der Waals surface area contributed by atoms with E-state index in [1.807, 2.05) is 6.07 Å². The van der Waals surface area contributed by atoms with E-state index in [1.54, 1.807) is 0 Å². The number of aliphatic hydroxyl groups is 1. The third-order valence-electron chi connectivity index (χ3n) is 6.48. The molecule has 0 amide bonds. The maximum Gasteiger partial charge on any atom is 0.127 e. The first-order valence-electron chi connectivity index (χ1n) is 10.1. The largest absolute Gasteiger partial charge is 0.507 e. The Kier molecular flexibility index (Phi) is 5.13. The molecule has 2 N–H and O–H groups in total.